The Morgan fingerprint density at radius 1 is 1.00 bits per heavy atom. The fourth-order valence-corrected chi connectivity index (χ4v) is 3.77. The van der Waals surface area contributed by atoms with Crippen LogP contribution in [0, 0.1) is 0 Å². The highest BCUT2D eigenvalue weighted by atomic mass is 35.5. The molecule has 0 aliphatic carbocycles. The highest BCUT2D eigenvalue weighted by Gasteiger charge is 2.29. The number of ether oxygens (including phenoxy) is 2. The molecule has 0 fully saturated rings. The fraction of sp³-hybridized carbons (Fsp3) is 0.379. The van der Waals surface area contributed by atoms with Gasteiger partial charge in [-0.05, 0) is 31.4 Å². The van der Waals surface area contributed by atoms with Crippen molar-refractivity contribution >= 4 is 48.4 Å². The average Bonchev–Trinajstić information content (AvgIpc) is 3.38. The molecule has 0 aliphatic rings. The Morgan fingerprint density at radius 2 is 1.64 bits per heavy atom. The Bertz CT molecular complexity index is 1240. The third-order valence-corrected chi connectivity index (χ3v) is 5.94. The first-order valence-electron chi connectivity index (χ1n) is 13.1. The first-order valence-corrected chi connectivity index (χ1v) is 13.1. The van der Waals surface area contributed by atoms with E-state index in [4.69, 9.17) is 15.2 Å². The van der Waals surface area contributed by atoms with Crippen molar-refractivity contribution in [3.8, 4) is 0 Å². The molecule has 0 aliphatic heterocycles. The standard InChI is InChI=1S/C29H38N6O5.2ClH/c1-29(2,30)28(38)33-23(19-40-18-21-11-6-4-7-12-21)26(36)34-24-17-35(20-32-24)25(22-13-8-5-9-14-22)27(37)31-15-10-16-39-3;;/h4-9,11-14,17,20,23,25H,10,15-16,18-19,30H2,1-3H3,(H,31,37)(H,33,38)(H,34,36);2*1H/t23-,25?;;/m1../s1. The number of methoxy groups -OCH3 is 1. The van der Waals surface area contributed by atoms with Gasteiger partial charge in [-0.25, -0.2) is 4.98 Å². The molecule has 11 nitrogen and oxygen atoms in total. The van der Waals surface area contributed by atoms with E-state index < -0.39 is 29.4 Å². The van der Waals surface area contributed by atoms with E-state index in [1.165, 1.54) is 6.33 Å². The second-order valence-electron chi connectivity index (χ2n) is 9.89. The molecule has 2 atom stereocenters. The van der Waals surface area contributed by atoms with Crippen LogP contribution in [0.5, 0.6) is 0 Å². The number of nitrogens with zero attached hydrogens (tertiary/aromatic N) is 2. The van der Waals surface area contributed by atoms with Crippen molar-refractivity contribution < 1.29 is 23.9 Å². The number of amides is 3. The van der Waals surface area contributed by atoms with Crippen LogP contribution in [0.2, 0.25) is 0 Å². The molecule has 5 N–H and O–H groups in total. The van der Waals surface area contributed by atoms with Crippen molar-refractivity contribution in [1.82, 2.24) is 20.2 Å². The zero-order valence-corrected chi connectivity index (χ0v) is 25.6. The zero-order chi connectivity index (χ0) is 29.0. The summed E-state index contributed by atoms with van der Waals surface area (Å²) < 4.78 is 12.4. The van der Waals surface area contributed by atoms with E-state index in [9.17, 15) is 14.4 Å². The summed E-state index contributed by atoms with van der Waals surface area (Å²) in [6.07, 6.45) is 3.72. The van der Waals surface area contributed by atoms with E-state index in [1.54, 1.807) is 31.7 Å². The topological polar surface area (TPSA) is 150 Å². The molecule has 0 saturated carbocycles. The quantitative estimate of drug-likeness (QED) is 0.190. The maximum atomic E-state index is 13.2. The molecule has 0 bridgehead atoms. The summed E-state index contributed by atoms with van der Waals surface area (Å²) in [7, 11) is 1.61. The van der Waals surface area contributed by atoms with Gasteiger partial charge < -0.3 is 35.7 Å². The van der Waals surface area contributed by atoms with Crippen molar-refractivity contribution in [2.45, 2.75) is 44.5 Å². The van der Waals surface area contributed by atoms with Crippen molar-refractivity contribution in [2.75, 3.05) is 32.2 Å². The van der Waals surface area contributed by atoms with Crippen LogP contribution >= 0.6 is 24.8 Å². The van der Waals surface area contributed by atoms with E-state index in [0.717, 1.165) is 11.1 Å². The summed E-state index contributed by atoms with van der Waals surface area (Å²) in [4.78, 5) is 43.2. The monoisotopic (exact) mass is 622 g/mol. The number of carbonyl (C=O) groups excluding carboxylic acids is 3. The first-order chi connectivity index (χ1) is 19.2. The first kappa shape index (κ1) is 36.5. The third kappa shape index (κ3) is 11.4. The molecular formula is C29H40Cl2N6O5. The maximum absolute atomic E-state index is 13.2. The zero-order valence-electron chi connectivity index (χ0n) is 23.9. The SMILES string of the molecule is COCCCNC(=O)C(c1ccccc1)n1cnc(NC(=O)[C@@H](COCc2ccccc2)NC(=O)C(C)(C)N)c1.Cl.Cl. The number of carbonyl (C=O) groups is 3. The number of imidazole rings is 1. The highest BCUT2D eigenvalue weighted by Crippen LogP contribution is 2.20. The molecule has 1 aromatic heterocycles. The van der Waals surface area contributed by atoms with Gasteiger partial charge in [0, 0.05) is 26.5 Å². The van der Waals surface area contributed by atoms with Crippen LogP contribution in [0.4, 0.5) is 5.82 Å². The Balaban J connectivity index is 0.00000441. The summed E-state index contributed by atoms with van der Waals surface area (Å²) in [6, 6.07) is 17.0. The van der Waals surface area contributed by atoms with Crippen LogP contribution in [-0.4, -0.2) is 65.7 Å². The van der Waals surface area contributed by atoms with Gasteiger partial charge in [0.15, 0.2) is 5.82 Å². The molecule has 0 saturated heterocycles. The normalized spacial score (nSPS) is 12.2. The number of nitrogens with two attached hydrogens (primary N) is 1. The minimum atomic E-state index is -1.20. The largest absolute Gasteiger partial charge is 0.385 e. The number of halogens is 2. The van der Waals surface area contributed by atoms with Gasteiger partial charge in [0.25, 0.3) is 5.91 Å². The molecular weight excluding hydrogens is 583 g/mol. The van der Waals surface area contributed by atoms with Gasteiger partial charge in [-0.2, -0.15) is 0 Å². The van der Waals surface area contributed by atoms with E-state index in [1.807, 2.05) is 60.7 Å². The number of benzene rings is 2. The molecule has 2 aromatic carbocycles. The molecule has 3 aromatic rings. The number of anilines is 1. The van der Waals surface area contributed by atoms with Crippen molar-refractivity contribution in [3.05, 3.63) is 84.3 Å². The number of nitrogens with one attached hydrogen (secondary N) is 3. The molecule has 1 heterocycles. The smallest absolute Gasteiger partial charge is 0.250 e. The molecule has 0 spiro atoms. The predicted octanol–water partition coefficient (Wildman–Crippen LogP) is 2.85. The third-order valence-electron chi connectivity index (χ3n) is 5.94. The van der Waals surface area contributed by atoms with Crippen molar-refractivity contribution in [2.24, 2.45) is 5.73 Å². The van der Waals surface area contributed by atoms with Crippen LogP contribution in [0.15, 0.2) is 73.2 Å². The molecule has 230 valence electrons. The second-order valence-corrected chi connectivity index (χ2v) is 9.89. The summed E-state index contributed by atoms with van der Waals surface area (Å²) >= 11 is 0. The number of rotatable bonds is 15. The molecule has 3 amide bonds. The van der Waals surface area contributed by atoms with Crippen molar-refractivity contribution in [1.29, 1.82) is 0 Å². The lowest BCUT2D eigenvalue weighted by atomic mass is 10.1. The van der Waals surface area contributed by atoms with E-state index in [2.05, 4.69) is 20.9 Å². The Kier molecular flexibility index (Phi) is 15.8. The summed E-state index contributed by atoms with van der Waals surface area (Å²) in [5.41, 5.74) is 6.42. The van der Waals surface area contributed by atoms with Gasteiger partial charge in [-0.15, -0.1) is 24.8 Å². The van der Waals surface area contributed by atoms with Crippen LogP contribution in [0.1, 0.15) is 37.4 Å². The summed E-state index contributed by atoms with van der Waals surface area (Å²) in [5, 5.41) is 8.30. The van der Waals surface area contributed by atoms with Gasteiger partial charge in [0.1, 0.15) is 12.1 Å². The van der Waals surface area contributed by atoms with Crippen LogP contribution < -0.4 is 21.7 Å². The minimum absolute atomic E-state index is 0. The molecule has 0 radical (unpaired) electrons. The lowest BCUT2D eigenvalue weighted by Crippen LogP contribution is -2.56. The Labute approximate surface area is 258 Å². The van der Waals surface area contributed by atoms with Gasteiger partial charge in [0.2, 0.25) is 11.8 Å². The maximum Gasteiger partial charge on any atom is 0.250 e. The number of hydrogen-bond acceptors (Lipinski definition) is 7. The second kappa shape index (κ2) is 18.1. The predicted molar refractivity (Wildman–Crippen MR) is 166 cm³/mol. The fourth-order valence-electron chi connectivity index (χ4n) is 3.77. The van der Waals surface area contributed by atoms with Gasteiger partial charge in [0.05, 0.1) is 25.1 Å². The lowest BCUT2D eigenvalue weighted by molar-refractivity contribution is -0.130. The summed E-state index contributed by atoms with van der Waals surface area (Å²) in [5.74, 6) is -1.04. The van der Waals surface area contributed by atoms with Gasteiger partial charge in [-0.3, -0.25) is 14.4 Å². The molecule has 3 rings (SSSR count). The van der Waals surface area contributed by atoms with Crippen LogP contribution in [0.3, 0.4) is 0 Å². The number of aromatic nitrogens is 2. The molecule has 42 heavy (non-hydrogen) atoms. The van der Waals surface area contributed by atoms with Crippen LogP contribution in [-0.2, 0) is 30.5 Å². The van der Waals surface area contributed by atoms with E-state index in [0.29, 0.717) is 19.6 Å². The minimum Gasteiger partial charge on any atom is -0.385 e. The van der Waals surface area contributed by atoms with Crippen molar-refractivity contribution in [3.63, 3.8) is 0 Å². The molecule has 1 unspecified atom stereocenters. The Morgan fingerprint density at radius 3 is 2.26 bits per heavy atom. The number of hydrogen-bond donors (Lipinski definition) is 4. The Hall–Kier alpha value is -3.48. The van der Waals surface area contributed by atoms with E-state index in [-0.39, 0.29) is 49.8 Å². The van der Waals surface area contributed by atoms with Gasteiger partial charge in [-0.1, -0.05) is 60.7 Å². The highest BCUT2D eigenvalue weighted by molar-refractivity contribution is 5.98. The average molecular weight is 624 g/mol. The summed E-state index contributed by atoms with van der Waals surface area (Å²) in [6.45, 7) is 4.27. The van der Waals surface area contributed by atoms with Gasteiger partial charge >= 0.3 is 0 Å². The van der Waals surface area contributed by atoms with Crippen LogP contribution in [0.25, 0.3) is 0 Å². The van der Waals surface area contributed by atoms with E-state index >= 15 is 0 Å². The molecule has 13 heteroatoms. The lowest BCUT2D eigenvalue weighted by Gasteiger charge is -2.23.